The van der Waals surface area contributed by atoms with Crippen LogP contribution >= 0.6 is 11.6 Å². The second-order valence-corrected chi connectivity index (χ2v) is 8.49. The van der Waals surface area contributed by atoms with Gasteiger partial charge in [-0.25, -0.2) is 4.39 Å². The van der Waals surface area contributed by atoms with Crippen molar-refractivity contribution in [2.24, 2.45) is 5.41 Å². The number of Topliss-reactive ketones (excluding diaryl/α,β-unsaturated/α-hetero) is 1. The third kappa shape index (κ3) is 3.24. The predicted molar refractivity (Wildman–Crippen MR) is 109 cm³/mol. The summed E-state index contributed by atoms with van der Waals surface area (Å²) in [4.78, 5) is 13.1. The van der Waals surface area contributed by atoms with Crippen molar-refractivity contribution in [3.8, 4) is 5.75 Å². The van der Waals surface area contributed by atoms with Crippen molar-refractivity contribution >= 4 is 28.8 Å². The Morgan fingerprint density at radius 1 is 1.18 bits per heavy atom. The lowest BCUT2D eigenvalue weighted by molar-refractivity contribution is -0.118. The number of halogens is 2. The zero-order valence-corrected chi connectivity index (χ0v) is 16.8. The Hall–Kier alpha value is -2.53. The van der Waals surface area contributed by atoms with E-state index in [9.17, 15) is 9.18 Å². The average molecular weight is 401 g/mol. The molecular weight excluding hydrogens is 379 g/mol. The zero-order chi connectivity index (χ0) is 20.1. The van der Waals surface area contributed by atoms with Crippen LogP contribution in [0.3, 0.4) is 0 Å². The Morgan fingerprint density at radius 3 is 2.68 bits per heavy atom. The third-order valence-corrected chi connectivity index (χ3v) is 5.64. The fourth-order valence-corrected chi connectivity index (χ4v) is 4.33. The van der Waals surface area contributed by atoms with E-state index in [2.05, 4.69) is 24.5 Å². The van der Waals surface area contributed by atoms with Gasteiger partial charge in [-0.05, 0) is 36.1 Å². The largest absolute Gasteiger partial charge is 0.497 e. The van der Waals surface area contributed by atoms with Crippen LogP contribution in [-0.4, -0.2) is 12.9 Å². The van der Waals surface area contributed by atoms with E-state index in [1.54, 1.807) is 19.2 Å². The van der Waals surface area contributed by atoms with E-state index < -0.39 is 11.9 Å². The molecule has 2 aliphatic rings. The van der Waals surface area contributed by atoms with Gasteiger partial charge in [0.1, 0.15) is 11.6 Å². The number of hydrogen-bond acceptors (Lipinski definition) is 4. The van der Waals surface area contributed by atoms with Crippen molar-refractivity contribution in [2.45, 2.75) is 32.7 Å². The van der Waals surface area contributed by atoms with Crippen LogP contribution in [0.2, 0.25) is 5.02 Å². The number of benzene rings is 2. The van der Waals surface area contributed by atoms with E-state index >= 15 is 0 Å². The summed E-state index contributed by atoms with van der Waals surface area (Å²) in [6.45, 7) is 4.13. The SMILES string of the molecule is COc1ccc2c(c1)NC(c1c(F)cccc1Cl)C1=C(CC(C)(C)CC1=O)N2. The highest BCUT2D eigenvalue weighted by Gasteiger charge is 2.40. The average Bonchev–Trinajstić information content (AvgIpc) is 2.76. The molecule has 1 aliphatic carbocycles. The second-order valence-electron chi connectivity index (χ2n) is 8.08. The van der Waals surface area contributed by atoms with E-state index in [-0.39, 0.29) is 21.8 Å². The monoisotopic (exact) mass is 400 g/mol. The molecule has 0 saturated heterocycles. The van der Waals surface area contributed by atoms with E-state index in [0.29, 0.717) is 24.2 Å². The Labute approximate surface area is 168 Å². The number of hydrogen-bond donors (Lipinski definition) is 2. The quantitative estimate of drug-likeness (QED) is 0.677. The van der Waals surface area contributed by atoms with E-state index in [1.807, 2.05) is 18.2 Å². The molecule has 2 N–H and O–H groups in total. The van der Waals surface area contributed by atoms with Gasteiger partial charge in [-0.1, -0.05) is 31.5 Å². The molecule has 1 heterocycles. The van der Waals surface area contributed by atoms with Crippen LogP contribution in [0.4, 0.5) is 15.8 Å². The van der Waals surface area contributed by atoms with Crippen molar-refractivity contribution in [1.29, 1.82) is 0 Å². The number of carbonyl (C=O) groups is 1. The molecule has 4 nitrogen and oxygen atoms in total. The number of anilines is 2. The molecule has 0 aromatic heterocycles. The van der Waals surface area contributed by atoms with Crippen LogP contribution in [0.1, 0.15) is 38.3 Å². The molecule has 0 radical (unpaired) electrons. The summed E-state index contributed by atoms with van der Waals surface area (Å²) in [7, 11) is 1.59. The van der Waals surface area contributed by atoms with Gasteiger partial charge in [-0.3, -0.25) is 4.79 Å². The maximum absolute atomic E-state index is 14.8. The number of carbonyl (C=O) groups excluding carboxylic acids is 1. The molecule has 1 unspecified atom stereocenters. The van der Waals surface area contributed by atoms with E-state index in [4.69, 9.17) is 16.3 Å². The van der Waals surface area contributed by atoms with Gasteiger partial charge in [-0.2, -0.15) is 0 Å². The van der Waals surface area contributed by atoms with Gasteiger partial charge in [0.15, 0.2) is 5.78 Å². The van der Waals surface area contributed by atoms with Crippen LogP contribution in [0.15, 0.2) is 47.7 Å². The molecule has 0 fully saturated rings. The Kier molecular flexibility index (Phi) is 4.58. The Balaban J connectivity index is 1.94. The molecule has 0 bridgehead atoms. The number of methoxy groups -OCH3 is 1. The lowest BCUT2D eigenvalue weighted by Gasteiger charge is -2.34. The molecule has 0 spiro atoms. The fourth-order valence-electron chi connectivity index (χ4n) is 4.05. The summed E-state index contributed by atoms with van der Waals surface area (Å²) in [6, 6.07) is 9.46. The summed E-state index contributed by atoms with van der Waals surface area (Å²) < 4.78 is 20.2. The van der Waals surface area contributed by atoms with Gasteiger partial charge in [-0.15, -0.1) is 0 Å². The lowest BCUT2D eigenvalue weighted by atomic mass is 9.73. The van der Waals surface area contributed by atoms with Crippen LogP contribution in [0.5, 0.6) is 5.75 Å². The fraction of sp³-hybridized carbons (Fsp3) is 0.318. The van der Waals surface area contributed by atoms with Crippen molar-refractivity contribution in [3.63, 3.8) is 0 Å². The number of ether oxygens (including phenoxy) is 1. The van der Waals surface area contributed by atoms with E-state index in [0.717, 1.165) is 17.1 Å². The first-order chi connectivity index (χ1) is 13.3. The Morgan fingerprint density at radius 2 is 1.96 bits per heavy atom. The minimum Gasteiger partial charge on any atom is -0.497 e. The minimum absolute atomic E-state index is 0.00431. The van der Waals surface area contributed by atoms with Gasteiger partial charge in [0, 0.05) is 34.3 Å². The normalized spacial score (nSPS) is 20.5. The molecule has 0 saturated carbocycles. The van der Waals surface area contributed by atoms with Crippen molar-refractivity contribution in [1.82, 2.24) is 0 Å². The van der Waals surface area contributed by atoms with Gasteiger partial charge in [0.25, 0.3) is 0 Å². The maximum Gasteiger partial charge on any atom is 0.163 e. The highest BCUT2D eigenvalue weighted by molar-refractivity contribution is 6.31. The molecule has 6 heteroatoms. The van der Waals surface area contributed by atoms with Gasteiger partial charge in [0.05, 0.1) is 24.5 Å². The van der Waals surface area contributed by atoms with Crippen LogP contribution in [0, 0.1) is 11.2 Å². The van der Waals surface area contributed by atoms with Crippen molar-refractivity contribution in [2.75, 3.05) is 17.7 Å². The summed E-state index contributed by atoms with van der Waals surface area (Å²) >= 11 is 6.38. The molecular formula is C22H22ClFN2O2. The lowest BCUT2D eigenvalue weighted by Crippen LogP contribution is -2.31. The molecule has 2 aromatic rings. The molecule has 28 heavy (non-hydrogen) atoms. The first-order valence-electron chi connectivity index (χ1n) is 9.21. The topological polar surface area (TPSA) is 50.4 Å². The van der Waals surface area contributed by atoms with Gasteiger partial charge in [0.2, 0.25) is 0 Å². The molecule has 2 aromatic carbocycles. The van der Waals surface area contributed by atoms with Crippen molar-refractivity contribution in [3.05, 3.63) is 64.1 Å². The number of fused-ring (bicyclic) bond motifs is 1. The van der Waals surface area contributed by atoms with Crippen LogP contribution in [0.25, 0.3) is 0 Å². The van der Waals surface area contributed by atoms with Crippen LogP contribution < -0.4 is 15.4 Å². The predicted octanol–water partition coefficient (Wildman–Crippen LogP) is 5.71. The molecule has 146 valence electrons. The highest BCUT2D eigenvalue weighted by Crippen LogP contribution is 2.47. The molecule has 0 amide bonds. The molecule has 1 atom stereocenters. The molecule has 1 aliphatic heterocycles. The van der Waals surface area contributed by atoms with Gasteiger partial charge < -0.3 is 15.4 Å². The number of allylic oxidation sites excluding steroid dienone is 1. The summed E-state index contributed by atoms with van der Waals surface area (Å²) in [5.74, 6) is 0.217. The summed E-state index contributed by atoms with van der Waals surface area (Å²) in [6.07, 6.45) is 1.08. The maximum atomic E-state index is 14.8. The number of ketones is 1. The summed E-state index contributed by atoms with van der Waals surface area (Å²) in [5, 5.41) is 7.04. The number of rotatable bonds is 2. The van der Waals surface area contributed by atoms with Gasteiger partial charge >= 0.3 is 0 Å². The Bertz CT molecular complexity index is 980. The third-order valence-electron chi connectivity index (χ3n) is 5.31. The highest BCUT2D eigenvalue weighted by atomic mass is 35.5. The minimum atomic E-state index is -0.687. The van der Waals surface area contributed by atoms with E-state index in [1.165, 1.54) is 6.07 Å². The first kappa shape index (κ1) is 18.8. The summed E-state index contributed by atoms with van der Waals surface area (Å²) in [5.41, 5.74) is 2.99. The first-order valence-corrected chi connectivity index (χ1v) is 9.58. The van der Waals surface area contributed by atoms with Crippen molar-refractivity contribution < 1.29 is 13.9 Å². The zero-order valence-electron chi connectivity index (χ0n) is 16.0. The standard InChI is InChI=1S/C22H22ClFN2O2/c1-22(2)10-17-20(18(27)11-22)21(19-13(23)5-4-6-14(19)24)26-16-9-12(28-3)7-8-15(16)25-17/h4-9,21,25-26H,10-11H2,1-3H3. The smallest absolute Gasteiger partial charge is 0.163 e. The number of nitrogens with one attached hydrogen (secondary N) is 2. The van der Waals surface area contributed by atoms with Crippen LogP contribution in [-0.2, 0) is 4.79 Å². The second kappa shape index (κ2) is 6.82. The molecule has 4 rings (SSSR count).